The van der Waals surface area contributed by atoms with Gasteiger partial charge in [0.05, 0.1) is 5.54 Å². The maximum Gasteiger partial charge on any atom is 0.245 e. The monoisotopic (exact) mass is 649 g/mol. The van der Waals surface area contributed by atoms with Gasteiger partial charge in [-0.25, -0.2) is 0 Å². The minimum atomic E-state index is -0.818. The van der Waals surface area contributed by atoms with Crippen molar-refractivity contribution in [2.24, 2.45) is 0 Å². The molecule has 1 saturated heterocycles. The Labute approximate surface area is 277 Å². The van der Waals surface area contributed by atoms with Crippen LogP contribution in [0.2, 0.25) is 10.0 Å². The lowest BCUT2D eigenvalue weighted by atomic mass is 9.85. The van der Waals surface area contributed by atoms with E-state index in [9.17, 15) is 9.59 Å². The molecule has 0 saturated carbocycles. The molecule has 2 amide bonds. The minimum Gasteiger partial charge on any atom is -0.342 e. The van der Waals surface area contributed by atoms with Crippen LogP contribution in [0.3, 0.4) is 0 Å². The number of benzene rings is 3. The van der Waals surface area contributed by atoms with Crippen LogP contribution >= 0.6 is 23.2 Å². The lowest BCUT2D eigenvalue weighted by Gasteiger charge is -2.42. The highest BCUT2D eigenvalue weighted by Crippen LogP contribution is 2.27. The number of amides is 2. The van der Waals surface area contributed by atoms with E-state index in [4.69, 9.17) is 23.2 Å². The zero-order chi connectivity index (χ0) is 32.0. The van der Waals surface area contributed by atoms with Crippen LogP contribution in [0.5, 0.6) is 0 Å². The third kappa shape index (κ3) is 8.27. The summed E-state index contributed by atoms with van der Waals surface area (Å²) in [6, 6.07) is 23.3. The molecule has 3 unspecified atom stereocenters. The first-order valence-corrected chi connectivity index (χ1v) is 16.8. The van der Waals surface area contributed by atoms with Crippen LogP contribution in [0.25, 0.3) is 0 Å². The number of hydrogen-bond donors (Lipinski definition) is 2. The Hall–Kier alpha value is -2.94. The number of carbonyl (C=O) groups excluding carboxylic acids is 2. The maximum atomic E-state index is 14.2. The van der Waals surface area contributed by atoms with Crippen molar-refractivity contribution >= 4 is 35.0 Å². The average molecular weight is 651 g/mol. The van der Waals surface area contributed by atoms with E-state index in [-0.39, 0.29) is 17.9 Å². The number of fused-ring (bicyclic) bond motifs is 1. The summed E-state index contributed by atoms with van der Waals surface area (Å²) in [6.07, 6.45) is 0.956. The van der Waals surface area contributed by atoms with Gasteiger partial charge in [0.2, 0.25) is 11.8 Å². The van der Waals surface area contributed by atoms with Gasteiger partial charge in [0, 0.05) is 61.8 Å². The molecule has 0 aromatic heterocycles. The molecular formula is C36H45Cl2N5O2. The fraction of sp³-hybridized carbons (Fsp3) is 0.444. The topological polar surface area (TPSA) is 67.9 Å². The van der Waals surface area contributed by atoms with Gasteiger partial charge in [-0.05, 0) is 73.0 Å². The minimum absolute atomic E-state index is 0.0513. The summed E-state index contributed by atoms with van der Waals surface area (Å²) < 4.78 is 0. The molecule has 3 aromatic rings. The van der Waals surface area contributed by atoms with Gasteiger partial charge in [0.15, 0.2) is 0 Å². The van der Waals surface area contributed by atoms with Crippen molar-refractivity contribution in [2.75, 3.05) is 45.8 Å². The first-order chi connectivity index (χ1) is 21.7. The number of carbonyl (C=O) groups is 2. The van der Waals surface area contributed by atoms with Crippen molar-refractivity contribution in [3.8, 4) is 0 Å². The van der Waals surface area contributed by atoms with Crippen LogP contribution in [0, 0.1) is 0 Å². The van der Waals surface area contributed by atoms with Gasteiger partial charge in [-0.15, -0.1) is 0 Å². The second kappa shape index (κ2) is 15.1. The molecule has 2 heterocycles. The fourth-order valence-electron chi connectivity index (χ4n) is 6.49. The van der Waals surface area contributed by atoms with Gasteiger partial charge in [-0.2, -0.15) is 0 Å². The summed E-state index contributed by atoms with van der Waals surface area (Å²) in [5.41, 5.74) is 3.72. The molecule has 9 heteroatoms. The Morgan fingerprint density at radius 3 is 2.11 bits per heavy atom. The van der Waals surface area contributed by atoms with Crippen LogP contribution in [-0.4, -0.2) is 83.9 Å². The first-order valence-electron chi connectivity index (χ1n) is 16.1. The molecule has 2 aliphatic rings. The Kier molecular flexibility index (Phi) is 11.2. The fourth-order valence-corrected chi connectivity index (χ4v) is 6.74. The van der Waals surface area contributed by atoms with E-state index in [1.807, 2.05) is 60.4 Å². The number of rotatable bonds is 11. The third-order valence-corrected chi connectivity index (χ3v) is 9.94. The molecular weight excluding hydrogens is 605 g/mol. The van der Waals surface area contributed by atoms with E-state index in [0.717, 1.165) is 48.9 Å². The Balaban J connectivity index is 1.30. The van der Waals surface area contributed by atoms with Crippen molar-refractivity contribution < 1.29 is 9.59 Å². The molecule has 5 rings (SSSR count). The number of nitrogens with one attached hydrogen (secondary N) is 2. The zero-order valence-corrected chi connectivity index (χ0v) is 28.1. The van der Waals surface area contributed by atoms with E-state index in [0.29, 0.717) is 37.5 Å². The molecule has 3 aromatic carbocycles. The van der Waals surface area contributed by atoms with E-state index in [1.54, 1.807) is 0 Å². The molecule has 0 radical (unpaired) electrons. The lowest BCUT2D eigenvalue weighted by Crippen LogP contribution is -2.63. The molecule has 0 bridgehead atoms. The molecule has 1 fully saturated rings. The van der Waals surface area contributed by atoms with Gasteiger partial charge >= 0.3 is 0 Å². The molecule has 2 aliphatic heterocycles. The quantitative estimate of drug-likeness (QED) is 0.293. The van der Waals surface area contributed by atoms with Gasteiger partial charge in [0.25, 0.3) is 0 Å². The molecule has 0 aliphatic carbocycles. The molecule has 2 N–H and O–H groups in total. The Bertz CT molecular complexity index is 1440. The van der Waals surface area contributed by atoms with Crippen LogP contribution < -0.4 is 10.6 Å². The predicted molar refractivity (Wildman–Crippen MR) is 183 cm³/mol. The van der Waals surface area contributed by atoms with Crippen LogP contribution in [0.1, 0.15) is 49.1 Å². The molecule has 45 heavy (non-hydrogen) atoms. The maximum absolute atomic E-state index is 14.2. The predicted octanol–water partition coefficient (Wildman–Crippen LogP) is 5.35. The Morgan fingerprint density at radius 2 is 1.49 bits per heavy atom. The second-order valence-corrected chi connectivity index (χ2v) is 13.3. The molecule has 3 atom stereocenters. The summed E-state index contributed by atoms with van der Waals surface area (Å²) >= 11 is 12.4. The number of likely N-dealkylation sites (N-methyl/N-ethyl adjacent to an activating group) is 1. The Morgan fingerprint density at radius 1 is 0.889 bits per heavy atom. The van der Waals surface area contributed by atoms with E-state index in [1.165, 1.54) is 11.1 Å². The summed E-state index contributed by atoms with van der Waals surface area (Å²) in [6.45, 7) is 12.5. The normalized spacial score (nSPS) is 20.0. The van der Waals surface area contributed by atoms with Crippen LogP contribution in [0.15, 0.2) is 72.8 Å². The van der Waals surface area contributed by atoms with Crippen molar-refractivity contribution in [1.29, 1.82) is 0 Å². The average Bonchev–Trinajstić information content (AvgIpc) is 3.06. The van der Waals surface area contributed by atoms with Crippen molar-refractivity contribution in [1.82, 2.24) is 25.3 Å². The largest absolute Gasteiger partial charge is 0.342 e. The van der Waals surface area contributed by atoms with Crippen molar-refractivity contribution in [2.45, 2.75) is 57.8 Å². The number of piperazine rings is 1. The number of halogens is 2. The lowest BCUT2D eigenvalue weighted by molar-refractivity contribution is -0.139. The van der Waals surface area contributed by atoms with Gasteiger partial charge < -0.3 is 15.1 Å². The molecule has 0 spiro atoms. The summed E-state index contributed by atoms with van der Waals surface area (Å²) in [5.74, 6) is -0.213. The second-order valence-electron chi connectivity index (χ2n) is 12.4. The zero-order valence-electron chi connectivity index (χ0n) is 26.6. The third-order valence-electron chi connectivity index (χ3n) is 9.44. The van der Waals surface area contributed by atoms with Crippen molar-refractivity contribution in [3.05, 3.63) is 105 Å². The number of nitrogens with zero attached hydrogens (tertiary/aromatic N) is 3. The standard InChI is InChI=1S/C36H45Cl2N5O2/c1-4-41(5-2)25-33(27-12-16-31(38)17-13-27)42-18-20-43(21-19-42)34(44)32(22-26-10-14-30(37)15-11-26)40-35(45)36(3)23-28-8-6-7-9-29(28)24-39-36/h6-17,32-33,39H,4-5,18-25H2,1-3H3,(H,40,45). The van der Waals surface area contributed by atoms with Gasteiger partial charge in [0.1, 0.15) is 6.04 Å². The van der Waals surface area contributed by atoms with E-state index >= 15 is 0 Å². The highest BCUT2D eigenvalue weighted by molar-refractivity contribution is 6.30. The van der Waals surface area contributed by atoms with Gasteiger partial charge in [-0.3, -0.25) is 19.8 Å². The summed E-state index contributed by atoms with van der Waals surface area (Å²) in [4.78, 5) is 34.9. The van der Waals surface area contributed by atoms with E-state index < -0.39 is 11.6 Å². The van der Waals surface area contributed by atoms with E-state index in [2.05, 4.69) is 58.5 Å². The van der Waals surface area contributed by atoms with Crippen molar-refractivity contribution in [3.63, 3.8) is 0 Å². The molecule has 7 nitrogen and oxygen atoms in total. The highest BCUT2D eigenvalue weighted by Gasteiger charge is 2.39. The highest BCUT2D eigenvalue weighted by atomic mass is 35.5. The summed E-state index contributed by atoms with van der Waals surface area (Å²) in [5, 5.41) is 7.97. The first kappa shape index (κ1) is 33.4. The van der Waals surface area contributed by atoms with Crippen LogP contribution in [0.4, 0.5) is 0 Å². The number of hydrogen-bond acceptors (Lipinski definition) is 5. The molecule has 240 valence electrons. The summed E-state index contributed by atoms with van der Waals surface area (Å²) in [7, 11) is 0. The smallest absolute Gasteiger partial charge is 0.245 e. The SMILES string of the molecule is CCN(CC)CC(c1ccc(Cl)cc1)N1CCN(C(=O)C(Cc2ccc(Cl)cc2)NC(=O)C2(C)Cc3ccccc3CN2)CC1. The van der Waals surface area contributed by atoms with Crippen LogP contribution in [-0.2, 0) is 29.0 Å². The van der Waals surface area contributed by atoms with Gasteiger partial charge in [-0.1, -0.05) is 85.6 Å².